The molecule has 2 atom stereocenters. The van der Waals surface area contributed by atoms with Crippen molar-refractivity contribution in [3.05, 3.63) is 65.7 Å². The van der Waals surface area contributed by atoms with Gasteiger partial charge in [0.2, 0.25) is 10.0 Å². The molecule has 2 aromatic carbocycles. The molecule has 0 spiro atoms. The number of carbonyl (C=O) groups is 1. The summed E-state index contributed by atoms with van der Waals surface area (Å²) in [7, 11) is -3.63. The second-order valence-electron chi connectivity index (χ2n) is 7.61. The van der Waals surface area contributed by atoms with Crippen LogP contribution in [0.5, 0.6) is 0 Å². The molecule has 0 radical (unpaired) electrons. The number of fused-ring (bicyclic) bond motifs is 1. The molecule has 0 unspecified atom stereocenters. The molecule has 0 aromatic heterocycles. The first-order chi connectivity index (χ1) is 14.5. The molecule has 4 rings (SSSR count). The van der Waals surface area contributed by atoms with Gasteiger partial charge in [-0.1, -0.05) is 42.5 Å². The fourth-order valence-corrected chi connectivity index (χ4v) is 5.66. The first-order valence-corrected chi connectivity index (χ1v) is 11.8. The zero-order valence-corrected chi connectivity index (χ0v) is 17.8. The van der Waals surface area contributed by atoms with E-state index in [2.05, 4.69) is 21.8 Å². The number of hydrogen-bond acceptors (Lipinski definition) is 5. The van der Waals surface area contributed by atoms with E-state index in [0.29, 0.717) is 39.2 Å². The van der Waals surface area contributed by atoms with E-state index < -0.39 is 10.0 Å². The van der Waals surface area contributed by atoms with Crippen LogP contribution in [0.15, 0.2) is 59.5 Å². The Morgan fingerprint density at radius 2 is 1.70 bits per heavy atom. The lowest BCUT2D eigenvalue weighted by molar-refractivity contribution is 0.0619. The van der Waals surface area contributed by atoms with Gasteiger partial charge in [0.05, 0.1) is 17.5 Å². The van der Waals surface area contributed by atoms with Crippen LogP contribution < -0.4 is 4.72 Å². The summed E-state index contributed by atoms with van der Waals surface area (Å²) < 4.78 is 34.0. The van der Waals surface area contributed by atoms with Crippen LogP contribution in [0.2, 0.25) is 0 Å². The smallest absolute Gasteiger partial charge is 0.409 e. The molecule has 8 heteroatoms. The Morgan fingerprint density at radius 3 is 2.40 bits per heavy atom. The Hall–Kier alpha value is -2.42. The van der Waals surface area contributed by atoms with Crippen LogP contribution in [0.25, 0.3) is 0 Å². The van der Waals surface area contributed by atoms with Crippen molar-refractivity contribution in [1.29, 1.82) is 0 Å². The average Bonchev–Trinajstić information content (AvgIpc) is 3.11. The van der Waals surface area contributed by atoms with Gasteiger partial charge in [0.15, 0.2) is 0 Å². The molecule has 30 heavy (non-hydrogen) atoms. The molecule has 7 nitrogen and oxygen atoms in total. The van der Waals surface area contributed by atoms with Gasteiger partial charge in [0.1, 0.15) is 0 Å². The summed E-state index contributed by atoms with van der Waals surface area (Å²) in [5.41, 5.74) is 2.32. The van der Waals surface area contributed by atoms with Crippen molar-refractivity contribution in [2.75, 3.05) is 32.8 Å². The molecule has 1 N–H and O–H groups in total. The van der Waals surface area contributed by atoms with E-state index in [-0.39, 0.29) is 23.1 Å². The lowest BCUT2D eigenvalue weighted by Gasteiger charge is -2.40. The zero-order valence-electron chi connectivity index (χ0n) is 17.0. The Balaban J connectivity index is 1.54. The first-order valence-electron chi connectivity index (χ1n) is 10.3. The van der Waals surface area contributed by atoms with E-state index in [4.69, 9.17) is 4.74 Å². The number of rotatable bonds is 5. The van der Waals surface area contributed by atoms with Crippen molar-refractivity contribution in [1.82, 2.24) is 14.5 Å². The van der Waals surface area contributed by atoms with Crippen LogP contribution in [0.1, 0.15) is 24.1 Å². The summed E-state index contributed by atoms with van der Waals surface area (Å²) in [4.78, 5) is 16.3. The number of sulfonamides is 1. The Bertz CT molecular complexity index is 988. The molecule has 0 bridgehead atoms. The molecule has 1 amide bonds. The van der Waals surface area contributed by atoms with E-state index in [0.717, 1.165) is 11.1 Å². The molecule has 2 aromatic rings. The predicted octanol–water partition coefficient (Wildman–Crippen LogP) is 2.41. The van der Waals surface area contributed by atoms with Gasteiger partial charge in [-0.05, 0) is 36.6 Å². The number of hydrogen-bond donors (Lipinski definition) is 1. The highest BCUT2D eigenvalue weighted by Gasteiger charge is 2.40. The third-order valence-corrected chi connectivity index (χ3v) is 7.29. The molecule has 1 heterocycles. The molecule has 1 aliphatic heterocycles. The zero-order chi connectivity index (χ0) is 21.1. The number of benzene rings is 2. The van der Waals surface area contributed by atoms with E-state index in [1.165, 1.54) is 0 Å². The number of piperazine rings is 1. The molecule has 1 fully saturated rings. The summed E-state index contributed by atoms with van der Waals surface area (Å²) >= 11 is 0. The van der Waals surface area contributed by atoms with Crippen LogP contribution in [-0.2, 0) is 21.2 Å². The van der Waals surface area contributed by atoms with Gasteiger partial charge in [-0.3, -0.25) is 4.90 Å². The van der Waals surface area contributed by atoms with Gasteiger partial charge in [-0.15, -0.1) is 0 Å². The van der Waals surface area contributed by atoms with Gasteiger partial charge in [-0.25, -0.2) is 17.9 Å². The SMILES string of the molecule is CCOC(=O)N1CCN([C@H]2c3ccccc3C[C@@H]2NS(=O)(=O)c2ccccc2)CC1. The summed E-state index contributed by atoms with van der Waals surface area (Å²) in [5, 5.41) is 0. The summed E-state index contributed by atoms with van der Waals surface area (Å²) in [6.45, 7) is 4.62. The number of nitrogens with zero attached hydrogens (tertiary/aromatic N) is 2. The van der Waals surface area contributed by atoms with Gasteiger partial charge in [-0.2, -0.15) is 0 Å². The molecular formula is C22H27N3O4S. The Kier molecular flexibility index (Phi) is 6.08. The fourth-order valence-electron chi connectivity index (χ4n) is 4.40. The summed E-state index contributed by atoms with van der Waals surface area (Å²) in [5.74, 6) is 0. The first kappa shape index (κ1) is 20.8. The minimum absolute atomic E-state index is 0.0657. The maximum atomic E-state index is 13.0. The van der Waals surface area contributed by atoms with Crippen molar-refractivity contribution in [3.63, 3.8) is 0 Å². The normalized spacial score (nSPS) is 22.0. The van der Waals surface area contributed by atoms with Crippen molar-refractivity contribution in [3.8, 4) is 0 Å². The standard InChI is InChI=1S/C22H27N3O4S/c1-2-29-22(26)25-14-12-24(13-15-25)21-19-11-7-6-8-17(19)16-20(21)23-30(27,28)18-9-4-3-5-10-18/h3-11,20-21,23H,2,12-16H2,1H3/t20-,21-/m0/s1. The molecule has 0 saturated carbocycles. The van der Waals surface area contributed by atoms with E-state index in [9.17, 15) is 13.2 Å². The summed E-state index contributed by atoms with van der Waals surface area (Å²) in [6.07, 6.45) is 0.357. The van der Waals surface area contributed by atoms with Crippen LogP contribution in [-0.4, -0.2) is 63.1 Å². The minimum Gasteiger partial charge on any atom is -0.450 e. The topological polar surface area (TPSA) is 79.0 Å². The monoisotopic (exact) mass is 429 g/mol. The van der Waals surface area contributed by atoms with Gasteiger partial charge in [0.25, 0.3) is 0 Å². The van der Waals surface area contributed by atoms with E-state index in [1.807, 2.05) is 12.1 Å². The third-order valence-electron chi connectivity index (χ3n) is 5.79. The quantitative estimate of drug-likeness (QED) is 0.790. The number of amides is 1. The fraction of sp³-hybridized carbons (Fsp3) is 0.409. The molecule has 2 aliphatic rings. The largest absolute Gasteiger partial charge is 0.450 e. The van der Waals surface area contributed by atoms with Crippen molar-refractivity contribution < 1.29 is 17.9 Å². The maximum absolute atomic E-state index is 13.0. The van der Waals surface area contributed by atoms with Crippen molar-refractivity contribution in [2.24, 2.45) is 0 Å². The highest BCUT2D eigenvalue weighted by atomic mass is 32.2. The van der Waals surface area contributed by atoms with Crippen LogP contribution >= 0.6 is 0 Å². The highest BCUT2D eigenvalue weighted by Crippen LogP contribution is 2.37. The lowest BCUT2D eigenvalue weighted by Crippen LogP contribution is -2.53. The van der Waals surface area contributed by atoms with Crippen molar-refractivity contribution in [2.45, 2.75) is 30.3 Å². The van der Waals surface area contributed by atoms with E-state index >= 15 is 0 Å². The maximum Gasteiger partial charge on any atom is 0.409 e. The number of ether oxygens (including phenoxy) is 1. The Morgan fingerprint density at radius 1 is 1.03 bits per heavy atom. The molecule has 160 valence electrons. The number of carbonyl (C=O) groups excluding carboxylic acids is 1. The van der Waals surface area contributed by atoms with Gasteiger partial charge < -0.3 is 9.64 Å². The van der Waals surface area contributed by atoms with Crippen LogP contribution in [0.3, 0.4) is 0 Å². The minimum atomic E-state index is -3.63. The van der Waals surface area contributed by atoms with Crippen LogP contribution in [0.4, 0.5) is 4.79 Å². The van der Waals surface area contributed by atoms with E-state index in [1.54, 1.807) is 42.2 Å². The average molecular weight is 430 g/mol. The lowest BCUT2D eigenvalue weighted by atomic mass is 10.0. The third kappa shape index (κ3) is 4.21. The molecular weight excluding hydrogens is 402 g/mol. The number of nitrogens with one attached hydrogen (secondary N) is 1. The van der Waals surface area contributed by atoms with Gasteiger partial charge in [0, 0.05) is 32.2 Å². The second kappa shape index (κ2) is 8.75. The van der Waals surface area contributed by atoms with Gasteiger partial charge >= 0.3 is 6.09 Å². The van der Waals surface area contributed by atoms with Crippen LogP contribution in [0, 0.1) is 0 Å². The second-order valence-corrected chi connectivity index (χ2v) is 9.32. The summed E-state index contributed by atoms with van der Waals surface area (Å²) in [6, 6.07) is 16.3. The predicted molar refractivity (Wildman–Crippen MR) is 114 cm³/mol. The highest BCUT2D eigenvalue weighted by molar-refractivity contribution is 7.89. The van der Waals surface area contributed by atoms with Crippen molar-refractivity contribution >= 4 is 16.1 Å². The molecule has 1 saturated heterocycles. The Labute approximate surface area is 177 Å². The molecule has 1 aliphatic carbocycles.